The fourth-order valence-electron chi connectivity index (χ4n) is 2.02. The summed E-state index contributed by atoms with van der Waals surface area (Å²) in [6.45, 7) is 0. The number of hydrogen-bond acceptors (Lipinski definition) is 3. The van der Waals surface area contributed by atoms with E-state index in [4.69, 9.17) is 15.6 Å². The van der Waals surface area contributed by atoms with Gasteiger partial charge in [-0.2, -0.15) is 0 Å². The first-order chi connectivity index (χ1) is 8.63. The van der Waals surface area contributed by atoms with E-state index in [9.17, 15) is 4.79 Å². The van der Waals surface area contributed by atoms with E-state index >= 15 is 0 Å². The van der Waals surface area contributed by atoms with Crippen molar-refractivity contribution in [3.05, 3.63) is 42.0 Å². The van der Waals surface area contributed by atoms with E-state index in [1.165, 1.54) is 0 Å². The number of hydrogen-bond donors (Lipinski definition) is 2. The van der Waals surface area contributed by atoms with Crippen LogP contribution in [0.15, 0.2) is 36.4 Å². The predicted molar refractivity (Wildman–Crippen MR) is 69.8 cm³/mol. The summed E-state index contributed by atoms with van der Waals surface area (Å²) in [6.07, 6.45) is 0.250. The first kappa shape index (κ1) is 12.4. The molecule has 4 nitrogen and oxygen atoms in total. The quantitative estimate of drug-likeness (QED) is 0.861. The predicted octanol–water partition coefficient (Wildman–Crippen LogP) is 1.80. The van der Waals surface area contributed by atoms with E-state index in [1.54, 1.807) is 7.11 Å². The van der Waals surface area contributed by atoms with Gasteiger partial charge in [-0.3, -0.25) is 4.79 Å². The molecule has 0 fully saturated rings. The number of carbonyl (C=O) groups is 1. The number of rotatable bonds is 4. The van der Waals surface area contributed by atoms with Gasteiger partial charge < -0.3 is 15.6 Å². The lowest BCUT2D eigenvalue weighted by atomic mass is 9.98. The normalized spacial score (nSPS) is 12.3. The molecule has 0 saturated heterocycles. The average Bonchev–Trinajstić information content (AvgIpc) is 2.39. The van der Waals surface area contributed by atoms with Crippen LogP contribution in [0.3, 0.4) is 0 Å². The Bertz CT molecular complexity index is 580. The van der Waals surface area contributed by atoms with E-state index < -0.39 is 12.0 Å². The van der Waals surface area contributed by atoms with Crippen molar-refractivity contribution in [1.29, 1.82) is 0 Å². The highest BCUT2D eigenvalue weighted by atomic mass is 16.5. The van der Waals surface area contributed by atoms with Gasteiger partial charge in [-0.05, 0) is 16.8 Å². The van der Waals surface area contributed by atoms with E-state index in [1.807, 2.05) is 36.4 Å². The van der Waals surface area contributed by atoms with E-state index in [2.05, 4.69) is 0 Å². The molecular weight excluding hydrogens is 230 g/mol. The van der Waals surface area contributed by atoms with Crippen LogP contribution in [0, 0.1) is 0 Å². The molecule has 94 valence electrons. The Hall–Kier alpha value is -2.07. The number of methoxy groups -OCH3 is 1. The monoisotopic (exact) mass is 245 g/mol. The number of fused-ring (bicyclic) bond motifs is 1. The first-order valence-corrected chi connectivity index (χ1v) is 5.66. The lowest BCUT2D eigenvalue weighted by Crippen LogP contribution is -2.32. The fraction of sp³-hybridized carbons (Fsp3) is 0.214. The smallest absolute Gasteiger partial charge is 0.320 e. The minimum absolute atomic E-state index is 0.250. The van der Waals surface area contributed by atoms with Crippen LogP contribution in [0.25, 0.3) is 10.8 Å². The van der Waals surface area contributed by atoms with Crippen molar-refractivity contribution in [2.75, 3.05) is 7.11 Å². The van der Waals surface area contributed by atoms with Gasteiger partial charge in [-0.15, -0.1) is 0 Å². The third kappa shape index (κ3) is 2.28. The minimum atomic E-state index is -1.01. The van der Waals surface area contributed by atoms with Gasteiger partial charge in [0, 0.05) is 12.0 Å². The van der Waals surface area contributed by atoms with Gasteiger partial charge in [0.1, 0.15) is 11.8 Å². The molecule has 0 saturated carbocycles. The molecule has 0 spiro atoms. The van der Waals surface area contributed by atoms with E-state index in [0.29, 0.717) is 5.75 Å². The van der Waals surface area contributed by atoms with Crippen LogP contribution in [-0.2, 0) is 11.2 Å². The number of benzene rings is 2. The van der Waals surface area contributed by atoms with Gasteiger partial charge in [-0.1, -0.05) is 30.3 Å². The Morgan fingerprint density at radius 2 is 2.06 bits per heavy atom. The maximum absolute atomic E-state index is 10.9. The molecule has 0 radical (unpaired) electrons. The van der Waals surface area contributed by atoms with Crippen LogP contribution in [0.4, 0.5) is 0 Å². The molecule has 2 rings (SSSR count). The van der Waals surface area contributed by atoms with Gasteiger partial charge in [0.25, 0.3) is 0 Å². The van der Waals surface area contributed by atoms with Crippen LogP contribution >= 0.6 is 0 Å². The topological polar surface area (TPSA) is 72.5 Å². The van der Waals surface area contributed by atoms with Gasteiger partial charge in [0.05, 0.1) is 7.11 Å². The molecule has 18 heavy (non-hydrogen) atoms. The number of nitrogens with two attached hydrogens (primary N) is 1. The molecule has 2 aromatic carbocycles. The number of ether oxygens (including phenoxy) is 1. The molecule has 0 amide bonds. The Morgan fingerprint density at radius 1 is 1.33 bits per heavy atom. The lowest BCUT2D eigenvalue weighted by Gasteiger charge is -2.14. The summed E-state index contributed by atoms with van der Waals surface area (Å²) in [5.74, 6) is -0.338. The average molecular weight is 245 g/mol. The van der Waals surface area contributed by atoms with Gasteiger partial charge in [0.2, 0.25) is 0 Å². The van der Waals surface area contributed by atoms with Crippen molar-refractivity contribution < 1.29 is 14.6 Å². The second-order valence-corrected chi connectivity index (χ2v) is 4.12. The molecule has 0 bridgehead atoms. The van der Waals surface area contributed by atoms with Crippen LogP contribution in [0.5, 0.6) is 5.75 Å². The molecule has 2 aromatic rings. The summed E-state index contributed by atoms with van der Waals surface area (Å²) in [4.78, 5) is 10.9. The highest BCUT2D eigenvalue weighted by molar-refractivity contribution is 5.88. The summed E-state index contributed by atoms with van der Waals surface area (Å²) in [7, 11) is 1.57. The van der Waals surface area contributed by atoms with Crippen LogP contribution in [0.1, 0.15) is 5.56 Å². The van der Waals surface area contributed by atoms with Gasteiger partial charge >= 0.3 is 5.97 Å². The second-order valence-electron chi connectivity index (χ2n) is 4.12. The largest absolute Gasteiger partial charge is 0.496 e. The van der Waals surface area contributed by atoms with Crippen molar-refractivity contribution >= 4 is 16.7 Å². The summed E-state index contributed by atoms with van der Waals surface area (Å²) >= 11 is 0. The van der Waals surface area contributed by atoms with Crippen molar-refractivity contribution in [1.82, 2.24) is 0 Å². The first-order valence-electron chi connectivity index (χ1n) is 5.66. The van der Waals surface area contributed by atoms with Gasteiger partial charge in [-0.25, -0.2) is 0 Å². The van der Waals surface area contributed by atoms with Crippen molar-refractivity contribution in [2.24, 2.45) is 5.73 Å². The Kier molecular flexibility index (Phi) is 3.48. The maximum atomic E-state index is 10.9. The Balaban J connectivity index is 2.54. The maximum Gasteiger partial charge on any atom is 0.320 e. The van der Waals surface area contributed by atoms with Crippen molar-refractivity contribution in [2.45, 2.75) is 12.5 Å². The lowest BCUT2D eigenvalue weighted by molar-refractivity contribution is -0.138. The van der Waals surface area contributed by atoms with Gasteiger partial charge in [0.15, 0.2) is 0 Å². The Morgan fingerprint density at radius 3 is 2.72 bits per heavy atom. The standard InChI is InChI=1S/C14H15NO3/c1-18-13-7-6-9-4-2-3-5-10(9)11(13)8-12(15)14(16)17/h2-7,12H,8,15H2,1H3,(H,16,17). The van der Waals surface area contributed by atoms with Crippen molar-refractivity contribution in [3.8, 4) is 5.75 Å². The zero-order valence-electron chi connectivity index (χ0n) is 10.1. The highest BCUT2D eigenvalue weighted by Crippen LogP contribution is 2.28. The molecular formula is C14H15NO3. The summed E-state index contributed by atoms with van der Waals surface area (Å²) in [6, 6.07) is 10.6. The number of aliphatic carboxylic acids is 1. The fourth-order valence-corrected chi connectivity index (χ4v) is 2.02. The number of carboxylic acid groups (broad SMARTS) is 1. The molecule has 1 atom stereocenters. The summed E-state index contributed by atoms with van der Waals surface area (Å²) in [5, 5.41) is 10.9. The Labute approximate surface area is 105 Å². The van der Waals surface area contributed by atoms with Crippen LogP contribution < -0.4 is 10.5 Å². The molecule has 4 heteroatoms. The molecule has 3 N–H and O–H groups in total. The second kappa shape index (κ2) is 5.06. The molecule has 0 aliphatic rings. The van der Waals surface area contributed by atoms with Crippen LogP contribution in [0.2, 0.25) is 0 Å². The molecule has 0 aromatic heterocycles. The third-order valence-corrected chi connectivity index (χ3v) is 2.96. The summed E-state index contributed by atoms with van der Waals surface area (Å²) in [5.41, 5.74) is 6.45. The van der Waals surface area contributed by atoms with E-state index in [-0.39, 0.29) is 6.42 Å². The van der Waals surface area contributed by atoms with Crippen molar-refractivity contribution in [3.63, 3.8) is 0 Å². The number of carboxylic acids is 1. The zero-order chi connectivity index (χ0) is 13.1. The minimum Gasteiger partial charge on any atom is -0.496 e. The molecule has 0 aliphatic heterocycles. The van der Waals surface area contributed by atoms with E-state index in [0.717, 1.165) is 16.3 Å². The third-order valence-electron chi connectivity index (χ3n) is 2.96. The molecule has 0 aliphatic carbocycles. The zero-order valence-corrected chi connectivity index (χ0v) is 10.1. The molecule has 1 unspecified atom stereocenters. The highest BCUT2D eigenvalue weighted by Gasteiger charge is 2.17. The summed E-state index contributed by atoms with van der Waals surface area (Å²) < 4.78 is 5.29. The SMILES string of the molecule is COc1ccc2ccccc2c1CC(N)C(=O)O. The molecule has 0 heterocycles. The van der Waals surface area contributed by atoms with Crippen LogP contribution in [-0.4, -0.2) is 24.2 Å².